The Hall–Kier alpha value is -2.06. The van der Waals surface area contributed by atoms with Crippen molar-refractivity contribution in [2.24, 2.45) is 7.05 Å². The van der Waals surface area contributed by atoms with Gasteiger partial charge in [0.1, 0.15) is 0 Å². The molecule has 2 aromatic heterocycles. The topological polar surface area (TPSA) is 46.5 Å². The molecule has 21 heavy (non-hydrogen) atoms. The van der Waals surface area contributed by atoms with Gasteiger partial charge in [-0.2, -0.15) is 10.4 Å². The third-order valence-electron chi connectivity index (χ3n) is 3.73. The van der Waals surface area contributed by atoms with Gasteiger partial charge in [0.05, 0.1) is 34.0 Å². The van der Waals surface area contributed by atoms with Crippen LogP contribution in [0.1, 0.15) is 23.9 Å². The molecule has 0 amide bonds. The minimum absolute atomic E-state index is 0.681. The van der Waals surface area contributed by atoms with Gasteiger partial charge in [0.2, 0.25) is 0 Å². The van der Waals surface area contributed by atoms with Gasteiger partial charge in [0.15, 0.2) is 0 Å². The number of nitriles is 1. The lowest BCUT2D eigenvalue weighted by molar-refractivity contribution is 0.668. The van der Waals surface area contributed by atoms with Crippen molar-refractivity contribution in [3.8, 4) is 6.07 Å². The van der Waals surface area contributed by atoms with E-state index in [1.54, 1.807) is 0 Å². The van der Waals surface area contributed by atoms with E-state index in [4.69, 9.17) is 5.26 Å². The number of fused-ring (bicyclic) bond motifs is 1. The van der Waals surface area contributed by atoms with E-state index in [0.717, 1.165) is 39.7 Å². The molecule has 0 aliphatic heterocycles. The number of rotatable bonds is 3. The van der Waals surface area contributed by atoms with Crippen LogP contribution in [0.3, 0.4) is 0 Å². The van der Waals surface area contributed by atoms with Crippen LogP contribution in [0.25, 0.3) is 10.9 Å². The Morgan fingerprint density at radius 2 is 2.14 bits per heavy atom. The van der Waals surface area contributed by atoms with Crippen LogP contribution in [0.4, 0.5) is 0 Å². The summed E-state index contributed by atoms with van der Waals surface area (Å²) in [5, 5.41) is 14.7. The molecular formula is C16H15BrN4. The Kier molecular flexibility index (Phi) is 3.56. The molecule has 4 nitrogen and oxygen atoms in total. The number of hydrogen-bond acceptors (Lipinski definition) is 2. The summed E-state index contributed by atoms with van der Waals surface area (Å²) in [7, 11) is 1.96. The van der Waals surface area contributed by atoms with Crippen LogP contribution < -0.4 is 0 Å². The van der Waals surface area contributed by atoms with Gasteiger partial charge in [-0.25, -0.2) is 0 Å². The predicted octanol–water partition coefficient (Wildman–Crippen LogP) is 3.62. The van der Waals surface area contributed by atoms with Gasteiger partial charge in [-0.05, 0) is 45.9 Å². The van der Waals surface area contributed by atoms with Gasteiger partial charge in [-0.3, -0.25) is 4.68 Å². The summed E-state index contributed by atoms with van der Waals surface area (Å²) in [6.07, 6.45) is 2.95. The summed E-state index contributed by atoms with van der Waals surface area (Å²) in [5.41, 5.74) is 3.95. The van der Waals surface area contributed by atoms with Gasteiger partial charge in [0.25, 0.3) is 0 Å². The monoisotopic (exact) mass is 342 g/mol. The quantitative estimate of drug-likeness (QED) is 0.729. The highest BCUT2D eigenvalue weighted by Crippen LogP contribution is 2.25. The van der Waals surface area contributed by atoms with E-state index in [9.17, 15) is 0 Å². The first kappa shape index (κ1) is 13.9. The molecule has 1 aromatic carbocycles. The van der Waals surface area contributed by atoms with Crippen LogP contribution in [-0.2, 0) is 20.0 Å². The first-order chi connectivity index (χ1) is 10.1. The highest BCUT2D eigenvalue weighted by molar-refractivity contribution is 9.10. The molecule has 2 heterocycles. The fourth-order valence-electron chi connectivity index (χ4n) is 2.54. The SMILES string of the molecule is CCc1nn(C)c(Cn2ccc3ccc(C#N)cc32)c1Br. The van der Waals surface area contributed by atoms with Gasteiger partial charge in [0, 0.05) is 18.8 Å². The lowest BCUT2D eigenvalue weighted by Gasteiger charge is -2.07. The largest absolute Gasteiger partial charge is 0.341 e. The molecule has 0 atom stereocenters. The lowest BCUT2D eigenvalue weighted by atomic mass is 10.2. The van der Waals surface area contributed by atoms with Crippen LogP contribution in [0.5, 0.6) is 0 Å². The molecule has 0 spiro atoms. The van der Waals surface area contributed by atoms with Crippen molar-refractivity contribution in [1.29, 1.82) is 5.26 Å². The van der Waals surface area contributed by atoms with E-state index >= 15 is 0 Å². The predicted molar refractivity (Wildman–Crippen MR) is 86.0 cm³/mol. The van der Waals surface area contributed by atoms with Gasteiger partial charge in [-0.1, -0.05) is 13.0 Å². The molecule has 0 aliphatic carbocycles. The van der Waals surface area contributed by atoms with Crippen molar-refractivity contribution in [3.05, 3.63) is 51.9 Å². The minimum atomic E-state index is 0.681. The van der Waals surface area contributed by atoms with Crippen molar-refractivity contribution >= 4 is 26.8 Å². The van der Waals surface area contributed by atoms with Crippen LogP contribution >= 0.6 is 15.9 Å². The molecule has 0 bridgehead atoms. The molecule has 3 rings (SSSR count). The summed E-state index contributed by atoms with van der Waals surface area (Å²) >= 11 is 3.65. The third kappa shape index (κ3) is 2.36. The van der Waals surface area contributed by atoms with Crippen molar-refractivity contribution in [1.82, 2.24) is 14.3 Å². The molecule has 0 radical (unpaired) electrons. The average Bonchev–Trinajstić information content (AvgIpc) is 3.02. The van der Waals surface area contributed by atoms with E-state index < -0.39 is 0 Å². The molecule has 0 saturated heterocycles. The zero-order valence-electron chi connectivity index (χ0n) is 12.0. The third-order valence-corrected chi connectivity index (χ3v) is 4.64. The number of nitrogens with zero attached hydrogens (tertiary/aromatic N) is 4. The van der Waals surface area contributed by atoms with Crippen LogP contribution in [0.2, 0.25) is 0 Å². The van der Waals surface area contributed by atoms with Gasteiger partial charge >= 0.3 is 0 Å². The zero-order chi connectivity index (χ0) is 15.0. The second-order valence-electron chi connectivity index (χ2n) is 5.01. The van der Waals surface area contributed by atoms with E-state index in [-0.39, 0.29) is 0 Å². The molecule has 0 fully saturated rings. The molecule has 3 aromatic rings. The molecular weight excluding hydrogens is 328 g/mol. The highest BCUT2D eigenvalue weighted by atomic mass is 79.9. The van der Waals surface area contributed by atoms with Gasteiger partial charge < -0.3 is 4.57 Å². The van der Waals surface area contributed by atoms with E-state index in [1.807, 2.05) is 29.9 Å². The summed E-state index contributed by atoms with van der Waals surface area (Å²) in [4.78, 5) is 0. The summed E-state index contributed by atoms with van der Waals surface area (Å²) in [5.74, 6) is 0. The van der Waals surface area contributed by atoms with E-state index in [2.05, 4.69) is 50.9 Å². The number of aryl methyl sites for hydroxylation is 2. The molecule has 5 heteroatoms. The maximum Gasteiger partial charge on any atom is 0.0992 e. The van der Waals surface area contributed by atoms with Crippen LogP contribution in [0.15, 0.2) is 34.9 Å². The standard InChI is InChI=1S/C16H15BrN4/c1-3-13-16(17)15(20(2)19-13)10-21-7-6-12-5-4-11(9-18)8-14(12)21/h4-8H,3,10H2,1-2H3. The second kappa shape index (κ2) is 5.38. The maximum absolute atomic E-state index is 9.06. The average molecular weight is 343 g/mol. The van der Waals surface area contributed by atoms with Crippen molar-refractivity contribution in [2.75, 3.05) is 0 Å². The Morgan fingerprint density at radius 1 is 1.33 bits per heavy atom. The van der Waals surface area contributed by atoms with Crippen molar-refractivity contribution in [2.45, 2.75) is 19.9 Å². The molecule has 0 N–H and O–H groups in total. The first-order valence-corrected chi connectivity index (χ1v) is 7.62. The van der Waals surface area contributed by atoms with Crippen molar-refractivity contribution in [3.63, 3.8) is 0 Å². The first-order valence-electron chi connectivity index (χ1n) is 6.83. The Labute approximate surface area is 131 Å². The Bertz CT molecular complexity index is 851. The second-order valence-corrected chi connectivity index (χ2v) is 5.81. The molecule has 0 aliphatic rings. The minimum Gasteiger partial charge on any atom is -0.341 e. The Morgan fingerprint density at radius 3 is 2.81 bits per heavy atom. The van der Waals surface area contributed by atoms with Crippen molar-refractivity contribution < 1.29 is 0 Å². The lowest BCUT2D eigenvalue weighted by Crippen LogP contribution is -2.05. The normalized spacial score (nSPS) is 11.0. The summed E-state index contributed by atoms with van der Waals surface area (Å²) in [6, 6.07) is 10.0. The zero-order valence-corrected chi connectivity index (χ0v) is 13.6. The number of aromatic nitrogens is 3. The van der Waals surface area contributed by atoms with E-state index in [0.29, 0.717) is 5.56 Å². The summed E-state index contributed by atoms with van der Waals surface area (Å²) < 4.78 is 5.14. The number of hydrogen-bond donors (Lipinski definition) is 0. The van der Waals surface area contributed by atoms with Crippen LogP contribution in [0, 0.1) is 11.3 Å². The van der Waals surface area contributed by atoms with Crippen LogP contribution in [-0.4, -0.2) is 14.3 Å². The number of halogens is 1. The fraction of sp³-hybridized carbons (Fsp3) is 0.250. The highest BCUT2D eigenvalue weighted by Gasteiger charge is 2.13. The maximum atomic E-state index is 9.06. The molecule has 0 saturated carbocycles. The van der Waals surface area contributed by atoms with E-state index in [1.165, 1.54) is 0 Å². The Balaban J connectivity index is 2.06. The van der Waals surface area contributed by atoms with Gasteiger partial charge in [-0.15, -0.1) is 0 Å². The smallest absolute Gasteiger partial charge is 0.0992 e. The molecule has 106 valence electrons. The fourth-order valence-corrected chi connectivity index (χ4v) is 3.29. The molecule has 0 unspecified atom stereocenters. The number of benzene rings is 1. The summed E-state index contributed by atoms with van der Waals surface area (Å²) in [6.45, 7) is 2.82.